The molecule has 1 N–H and O–H groups in total. The molecule has 0 spiro atoms. The minimum Gasteiger partial charge on any atom is -0.493 e. The van der Waals surface area contributed by atoms with Crippen molar-refractivity contribution in [2.75, 3.05) is 19.5 Å². The molecule has 0 unspecified atom stereocenters. The van der Waals surface area contributed by atoms with Crippen LogP contribution < -0.4 is 20.3 Å². The Hall–Kier alpha value is -4.13. The van der Waals surface area contributed by atoms with Crippen molar-refractivity contribution in [3.05, 3.63) is 88.8 Å². The Labute approximate surface area is 172 Å². The second-order valence-corrected chi connectivity index (χ2v) is 6.47. The molecule has 0 saturated carbocycles. The molecule has 0 atom stereocenters. The minimum absolute atomic E-state index is 0.142. The Kier molecular flexibility index (Phi) is 5.17. The normalized spacial score (nSPS) is 10.6. The highest BCUT2D eigenvalue weighted by molar-refractivity contribution is 6.11. The van der Waals surface area contributed by atoms with Gasteiger partial charge in [0.15, 0.2) is 17.2 Å². The third-order valence-electron chi connectivity index (χ3n) is 4.66. The van der Waals surface area contributed by atoms with Crippen LogP contribution in [0.1, 0.15) is 10.5 Å². The van der Waals surface area contributed by atoms with Crippen LogP contribution in [0.25, 0.3) is 16.5 Å². The number of nitrogens with one attached hydrogen (secondary N) is 1. The zero-order chi connectivity index (χ0) is 21.1. The number of carbonyl (C=O) groups excluding carboxylic acids is 1. The number of fused-ring (bicyclic) bond motifs is 1. The molecule has 0 radical (unpaired) electrons. The van der Waals surface area contributed by atoms with Crippen LogP contribution in [-0.2, 0) is 0 Å². The van der Waals surface area contributed by atoms with Crippen molar-refractivity contribution in [1.82, 2.24) is 9.78 Å². The lowest BCUT2D eigenvalue weighted by Crippen LogP contribution is -2.26. The van der Waals surface area contributed by atoms with E-state index >= 15 is 0 Å². The molecular weight excluding hydrogens is 382 g/mol. The molecule has 0 bridgehead atoms. The lowest BCUT2D eigenvalue weighted by molar-refractivity contribution is 0.102. The van der Waals surface area contributed by atoms with Gasteiger partial charge in [0.1, 0.15) is 0 Å². The molecule has 150 valence electrons. The standard InChI is InChI=1S/C23H19N3O4/c1-29-19-13-12-15(14-20(19)30-2)24-22(27)21-17-10-6-7-11-18(17)23(28)26(25-21)16-8-4-3-5-9-16/h3-14H,1-2H3,(H,24,27). The first-order valence-corrected chi connectivity index (χ1v) is 9.23. The maximum atomic E-state index is 13.1. The molecule has 0 fully saturated rings. The number of nitrogens with zero attached hydrogens (tertiary/aromatic N) is 2. The summed E-state index contributed by atoms with van der Waals surface area (Å²) in [6, 6.07) is 21.0. The number of aromatic nitrogens is 2. The number of benzene rings is 3. The van der Waals surface area contributed by atoms with Crippen molar-refractivity contribution in [3.8, 4) is 17.2 Å². The molecule has 4 aromatic rings. The van der Waals surface area contributed by atoms with Crippen LogP contribution in [0.4, 0.5) is 5.69 Å². The van der Waals surface area contributed by atoms with Crippen molar-refractivity contribution in [3.63, 3.8) is 0 Å². The summed E-state index contributed by atoms with van der Waals surface area (Å²) in [4.78, 5) is 26.1. The summed E-state index contributed by atoms with van der Waals surface area (Å²) >= 11 is 0. The van der Waals surface area contributed by atoms with Crippen LogP contribution in [0.2, 0.25) is 0 Å². The fourth-order valence-electron chi connectivity index (χ4n) is 3.21. The topological polar surface area (TPSA) is 82.5 Å². The highest BCUT2D eigenvalue weighted by Crippen LogP contribution is 2.30. The average molecular weight is 401 g/mol. The first-order chi connectivity index (χ1) is 14.6. The number of hydrogen-bond acceptors (Lipinski definition) is 5. The minimum atomic E-state index is -0.442. The number of para-hydroxylation sites is 1. The van der Waals surface area contributed by atoms with E-state index in [4.69, 9.17) is 9.47 Å². The summed E-state index contributed by atoms with van der Waals surface area (Å²) in [6.07, 6.45) is 0. The zero-order valence-corrected chi connectivity index (χ0v) is 16.5. The lowest BCUT2D eigenvalue weighted by Gasteiger charge is -2.13. The van der Waals surface area contributed by atoms with Crippen molar-refractivity contribution in [1.29, 1.82) is 0 Å². The molecule has 0 aliphatic rings. The summed E-state index contributed by atoms with van der Waals surface area (Å²) in [5, 5.41) is 8.09. The molecule has 1 aromatic heterocycles. The van der Waals surface area contributed by atoms with Crippen LogP contribution in [0.15, 0.2) is 77.6 Å². The van der Waals surface area contributed by atoms with E-state index in [9.17, 15) is 9.59 Å². The fourth-order valence-corrected chi connectivity index (χ4v) is 3.21. The van der Waals surface area contributed by atoms with E-state index in [0.717, 1.165) is 0 Å². The summed E-state index contributed by atoms with van der Waals surface area (Å²) in [6.45, 7) is 0. The van der Waals surface area contributed by atoms with Gasteiger partial charge in [0.25, 0.3) is 11.5 Å². The quantitative estimate of drug-likeness (QED) is 0.552. The number of carbonyl (C=O) groups is 1. The highest BCUT2D eigenvalue weighted by Gasteiger charge is 2.18. The van der Waals surface area contributed by atoms with Crippen molar-refractivity contribution in [2.45, 2.75) is 0 Å². The highest BCUT2D eigenvalue weighted by atomic mass is 16.5. The molecule has 0 saturated heterocycles. The predicted molar refractivity (Wildman–Crippen MR) is 115 cm³/mol. The molecule has 0 aliphatic carbocycles. The van der Waals surface area contributed by atoms with Crippen molar-refractivity contribution in [2.24, 2.45) is 0 Å². The van der Waals surface area contributed by atoms with E-state index in [0.29, 0.717) is 33.6 Å². The fraction of sp³-hybridized carbons (Fsp3) is 0.0870. The third kappa shape index (κ3) is 3.48. The van der Waals surface area contributed by atoms with Gasteiger partial charge in [-0.1, -0.05) is 36.4 Å². The molecule has 1 heterocycles. The van der Waals surface area contributed by atoms with Crippen LogP contribution in [0.5, 0.6) is 11.5 Å². The Morgan fingerprint density at radius 2 is 1.53 bits per heavy atom. The van der Waals surface area contributed by atoms with Crippen LogP contribution in [0.3, 0.4) is 0 Å². The monoisotopic (exact) mass is 401 g/mol. The number of hydrogen-bond donors (Lipinski definition) is 1. The second kappa shape index (κ2) is 8.08. The second-order valence-electron chi connectivity index (χ2n) is 6.47. The number of ether oxygens (including phenoxy) is 2. The van der Waals surface area contributed by atoms with Gasteiger partial charge in [-0.05, 0) is 30.3 Å². The van der Waals surface area contributed by atoms with Crippen LogP contribution in [0, 0.1) is 0 Å². The molecule has 1 amide bonds. The zero-order valence-electron chi connectivity index (χ0n) is 16.5. The van der Waals surface area contributed by atoms with Crippen molar-refractivity contribution >= 4 is 22.4 Å². The smallest absolute Gasteiger partial charge is 0.279 e. The van der Waals surface area contributed by atoms with Gasteiger partial charge in [0, 0.05) is 17.1 Å². The van der Waals surface area contributed by atoms with Gasteiger partial charge in [0.2, 0.25) is 0 Å². The molecule has 30 heavy (non-hydrogen) atoms. The Bertz CT molecular complexity index is 1280. The SMILES string of the molecule is COc1ccc(NC(=O)c2nn(-c3ccccc3)c(=O)c3ccccc23)cc1OC. The maximum Gasteiger partial charge on any atom is 0.279 e. The molecular formula is C23H19N3O4. The number of amides is 1. The molecule has 7 nitrogen and oxygen atoms in total. The largest absolute Gasteiger partial charge is 0.493 e. The van der Waals surface area contributed by atoms with Gasteiger partial charge in [-0.2, -0.15) is 9.78 Å². The van der Waals surface area contributed by atoms with Gasteiger partial charge in [-0.3, -0.25) is 9.59 Å². The molecule has 7 heteroatoms. The maximum absolute atomic E-state index is 13.1. The Morgan fingerprint density at radius 1 is 0.867 bits per heavy atom. The van der Waals surface area contributed by atoms with Crippen LogP contribution in [-0.4, -0.2) is 29.9 Å². The van der Waals surface area contributed by atoms with E-state index in [2.05, 4.69) is 10.4 Å². The first kappa shape index (κ1) is 19.2. The first-order valence-electron chi connectivity index (χ1n) is 9.23. The lowest BCUT2D eigenvalue weighted by atomic mass is 10.1. The number of anilines is 1. The van der Waals surface area contributed by atoms with E-state index in [1.54, 1.807) is 61.7 Å². The Balaban J connectivity index is 1.81. The third-order valence-corrected chi connectivity index (χ3v) is 4.66. The number of rotatable bonds is 5. The van der Waals surface area contributed by atoms with Gasteiger partial charge >= 0.3 is 0 Å². The molecule has 3 aromatic carbocycles. The molecule has 0 aliphatic heterocycles. The predicted octanol–water partition coefficient (Wildman–Crippen LogP) is 3.66. The van der Waals surface area contributed by atoms with Crippen molar-refractivity contribution < 1.29 is 14.3 Å². The Morgan fingerprint density at radius 3 is 2.23 bits per heavy atom. The van der Waals surface area contributed by atoms with E-state index in [-0.39, 0.29) is 11.3 Å². The van der Waals surface area contributed by atoms with Gasteiger partial charge in [-0.25, -0.2) is 0 Å². The van der Waals surface area contributed by atoms with E-state index in [1.807, 2.05) is 18.2 Å². The van der Waals surface area contributed by atoms with Gasteiger partial charge < -0.3 is 14.8 Å². The summed E-state index contributed by atoms with van der Waals surface area (Å²) in [5.41, 5.74) is 0.942. The summed E-state index contributed by atoms with van der Waals surface area (Å²) in [7, 11) is 3.06. The van der Waals surface area contributed by atoms with Crippen LogP contribution >= 0.6 is 0 Å². The van der Waals surface area contributed by atoms with Gasteiger partial charge in [0.05, 0.1) is 25.3 Å². The summed E-state index contributed by atoms with van der Waals surface area (Å²) < 4.78 is 11.8. The van der Waals surface area contributed by atoms with E-state index < -0.39 is 5.91 Å². The van der Waals surface area contributed by atoms with Gasteiger partial charge in [-0.15, -0.1) is 0 Å². The summed E-state index contributed by atoms with van der Waals surface area (Å²) in [5.74, 6) is 0.599. The molecule has 4 rings (SSSR count). The number of methoxy groups -OCH3 is 2. The average Bonchev–Trinajstić information content (AvgIpc) is 2.80. The van der Waals surface area contributed by atoms with E-state index in [1.165, 1.54) is 11.8 Å².